The largest absolute Gasteiger partial charge is 0.471 e. The van der Waals surface area contributed by atoms with Crippen molar-refractivity contribution in [3.05, 3.63) is 23.8 Å². The molecule has 17 heteroatoms. The van der Waals surface area contributed by atoms with Gasteiger partial charge in [0.2, 0.25) is 0 Å². The number of carbonyl (C=O) groups excluding carboxylic acids is 7. The predicted molar refractivity (Wildman–Crippen MR) is 167 cm³/mol. The van der Waals surface area contributed by atoms with Crippen LogP contribution in [0, 0.1) is 28.6 Å². The summed E-state index contributed by atoms with van der Waals surface area (Å²) in [6, 6.07) is -2.04. The molecule has 2 N–H and O–H groups in total. The smallest absolute Gasteiger partial charge is 0.463 e. The number of fused-ring (bicyclic) bond motifs is 5. The first-order valence-corrected chi connectivity index (χ1v) is 16.9. The maximum atomic E-state index is 14.0. The fourth-order valence-electron chi connectivity index (χ4n) is 9.11. The van der Waals surface area contributed by atoms with Gasteiger partial charge in [-0.25, -0.2) is 0 Å². The number of amides is 1. The Labute approximate surface area is 296 Å². The van der Waals surface area contributed by atoms with Crippen LogP contribution in [0.1, 0.15) is 66.7 Å². The number of aliphatic hydroxyl groups is 1. The van der Waals surface area contributed by atoms with Crippen molar-refractivity contribution in [3.63, 3.8) is 0 Å². The van der Waals surface area contributed by atoms with Crippen LogP contribution in [0.4, 0.5) is 13.2 Å². The molecule has 0 radical (unpaired) electrons. The molecule has 0 spiro atoms. The van der Waals surface area contributed by atoms with Crippen LogP contribution in [0.15, 0.2) is 23.8 Å². The van der Waals surface area contributed by atoms with E-state index in [1.54, 1.807) is 18.3 Å². The molecule has 5 unspecified atom stereocenters. The molecule has 1 amide bonds. The highest BCUT2D eigenvalue weighted by Gasteiger charge is 2.68. The molecule has 1 heterocycles. The van der Waals surface area contributed by atoms with E-state index in [0.717, 1.165) is 26.3 Å². The summed E-state index contributed by atoms with van der Waals surface area (Å²) in [4.78, 5) is 88.1. The van der Waals surface area contributed by atoms with E-state index < -0.39 is 102 Å². The van der Waals surface area contributed by atoms with Crippen LogP contribution < -0.4 is 5.32 Å². The predicted octanol–water partition coefficient (Wildman–Crippen LogP) is 1.99. The normalized spacial score (nSPS) is 38.2. The summed E-state index contributed by atoms with van der Waals surface area (Å²) in [6.07, 6.45) is -6.59. The van der Waals surface area contributed by atoms with Crippen LogP contribution in [0.25, 0.3) is 0 Å². The number of carbonyl (C=O) groups is 7. The molecule has 5 rings (SSSR count). The number of esters is 3. The lowest BCUT2D eigenvalue weighted by molar-refractivity contribution is -0.278. The van der Waals surface area contributed by atoms with Gasteiger partial charge in [-0.2, -0.15) is 13.2 Å². The van der Waals surface area contributed by atoms with Gasteiger partial charge in [-0.1, -0.05) is 31.6 Å². The highest BCUT2D eigenvalue weighted by atomic mass is 19.4. The molecular weight excluding hydrogens is 699 g/mol. The third-order valence-electron chi connectivity index (χ3n) is 11.5. The van der Waals surface area contributed by atoms with E-state index >= 15 is 0 Å². The van der Waals surface area contributed by atoms with Gasteiger partial charge in [-0.05, 0) is 37.2 Å². The van der Waals surface area contributed by atoms with Gasteiger partial charge in [0.15, 0.2) is 30.1 Å². The minimum Gasteiger partial charge on any atom is -0.463 e. The summed E-state index contributed by atoms with van der Waals surface area (Å²) in [5.41, 5.74) is -3.22. The Morgan fingerprint density at radius 1 is 1.02 bits per heavy atom. The summed E-state index contributed by atoms with van der Waals surface area (Å²) in [7, 11) is 0. The fourth-order valence-corrected chi connectivity index (χ4v) is 9.11. The minimum absolute atomic E-state index is 0.0583. The van der Waals surface area contributed by atoms with Gasteiger partial charge in [0.25, 0.3) is 0 Å². The average Bonchev–Trinajstić information content (AvgIpc) is 3.30. The number of allylic oxidation sites excluding steroid dienone is 4. The third-order valence-corrected chi connectivity index (χ3v) is 11.5. The van der Waals surface area contributed by atoms with Crippen molar-refractivity contribution in [1.82, 2.24) is 5.32 Å². The second-order valence-electron chi connectivity index (χ2n) is 14.7. The summed E-state index contributed by atoms with van der Waals surface area (Å²) < 4.78 is 67.3. The molecule has 0 bridgehead atoms. The zero-order valence-electron chi connectivity index (χ0n) is 29.3. The molecule has 1 aliphatic heterocycles. The van der Waals surface area contributed by atoms with E-state index in [4.69, 9.17) is 23.7 Å². The average molecular weight is 742 g/mol. The second-order valence-corrected chi connectivity index (χ2v) is 14.7. The first-order valence-electron chi connectivity index (χ1n) is 16.9. The van der Waals surface area contributed by atoms with Crippen LogP contribution >= 0.6 is 0 Å². The van der Waals surface area contributed by atoms with Gasteiger partial charge in [-0.3, -0.25) is 33.6 Å². The maximum Gasteiger partial charge on any atom is 0.471 e. The topological polar surface area (TPSA) is 198 Å². The third kappa shape index (κ3) is 7.06. The molecule has 14 nitrogen and oxygen atoms in total. The van der Waals surface area contributed by atoms with Gasteiger partial charge in [-0.15, -0.1) is 0 Å². The van der Waals surface area contributed by atoms with Gasteiger partial charge < -0.3 is 34.1 Å². The number of alkyl halides is 3. The molecule has 4 aliphatic carbocycles. The summed E-state index contributed by atoms with van der Waals surface area (Å²) in [6.45, 7) is 4.78. The number of nitrogens with one attached hydrogen (secondary N) is 1. The van der Waals surface area contributed by atoms with Crippen molar-refractivity contribution in [1.29, 1.82) is 0 Å². The zero-order valence-corrected chi connectivity index (χ0v) is 29.3. The van der Waals surface area contributed by atoms with Crippen LogP contribution in [-0.2, 0) is 57.2 Å². The Morgan fingerprint density at radius 2 is 1.67 bits per heavy atom. The van der Waals surface area contributed by atoms with Gasteiger partial charge in [0, 0.05) is 50.4 Å². The van der Waals surface area contributed by atoms with Crippen molar-refractivity contribution in [2.45, 2.75) is 109 Å². The van der Waals surface area contributed by atoms with Crippen LogP contribution in [0.5, 0.6) is 0 Å². The number of ether oxygens (including phenoxy) is 5. The molecule has 52 heavy (non-hydrogen) atoms. The number of hydrogen-bond donors (Lipinski definition) is 2. The van der Waals surface area contributed by atoms with Crippen molar-refractivity contribution in [2.75, 3.05) is 13.2 Å². The lowest BCUT2D eigenvalue weighted by Gasteiger charge is -2.56. The van der Waals surface area contributed by atoms with E-state index in [9.17, 15) is 51.8 Å². The molecule has 0 aromatic rings. The van der Waals surface area contributed by atoms with E-state index in [0.29, 0.717) is 12.8 Å². The van der Waals surface area contributed by atoms with E-state index in [1.807, 2.05) is 13.0 Å². The first-order chi connectivity index (χ1) is 24.1. The molecule has 3 fully saturated rings. The molecule has 5 aliphatic rings. The van der Waals surface area contributed by atoms with E-state index in [1.165, 1.54) is 6.08 Å². The van der Waals surface area contributed by atoms with Gasteiger partial charge in [0.05, 0.1) is 0 Å². The number of hydrogen-bond acceptors (Lipinski definition) is 13. The Morgan fingerprint density at radius 3 is 2.29 bits per heavy atom. The maximum absolute atomic E-state index is 14.0. The molecule has 11 atom stereocenters. The molecule has 1 saturated heterocycles. The number of rotatable bonds is 9. The molecular formula is C35H42F3NO13. The standard InChI is InChI=1S/C35H42F3NO13/c1-16(40)48-14-24-28(50-17(2)41)29(51-18(3)42)27(39-31(46)35(36,37)38)30(52-24)49-15-25(45)34(47)11-9-22-21-7-6-19-12-20(43)8-10-32(19,4)26(21)23(44)13-33(22,34)5/h6,8,10,21-22,24,26-30,47H,7,9,11-15H2,1-5H3,(H,39,46)/t21?,22?,24?,26?,27?,28-,29-,30-,32+,33+,34+/m1/s1. The van der Waals surface area contributed by atoms with Gasteiger partial charge >= 0.3 is 30.0 Å². The zero-order chi connectivity index (χ0) is 38.6. The lowest BCUT2D eigenvalue weighted by atomic mass is 9.47. The summed E-state index contributed by atoms with van der Waals surface area (Å²) in [5.74, 6) is -7.57. The monoisotopic (exact) mass is 741 g/mol. The SMILES string of the molecule is CC(=O)OCC1O[C@@H](OCC(=O)[C@@]2(O)CCC3C4CC=C5CC(=O)C=C[C@]5(C)C4C(=O)C[C@@]32C)C(NC(=O)C(F)(F)F)[C@@H](OC(C)=O)[C@@H]1OC(C)=O. The van der Waals surface area contributed by atoms with Gasteiger partial charge in [0.1, 0.15) is 36.7 Å². The number of halogens is 3. The van der Waals surface area contributed by atoms with Crippen molar-refractivity contribution in [3.8, 4) is 0 Å². The quantitative estimate of drug-likeness (QED) is 0.198. The van der Waals surface area contributed by atoms with Crippen molar-refractivity contribution in [2.24, 2.45) is 28.6 Å². The van der Waals surface area contributed by atoms with E-state index in [2.05, 4.69) is 0 Å². The van der Waals surface area contributed by atoms with Crippen LogP contribution in [0.2, 0.25) is 0 Å². The minimum atomic E-state index is -5.45. The highest BCUT2D eigenvalue weighted by Crippen LogP contribution is 2.65. The lowest BCUT2D eigenvalue weighted by Crippen LogP contribution is -2.68. The molecule has 2 saturated carbocycles. The molecule has 0 aromatic carbocycles. The molecule has 286 valence electrons. The Hall–Kier alpha value is -3.96. The number of ketones is 3. The Kier molecular flexibility index (Phi) is 10.7. The second kappa shape index (κ2) is 14.1. The Bertz CT molecular complexity index is 1610. The fraction of sp³-hybridized carbons (Fsp3) is 0.686. The summed E-state index contributed by atoms with van der Waals surface area (Å²) >= 11 is 0. The molecule has 0 aromatic heterocycles. The highest BCUT2D eigenvalue weighted by molar-refractivity contribution is 5.96. The Balaban J connectivity index is 1.42. The summed E-state index contributed by atoms with van der Waals surface area (Å²) in [5, 5.41) is 13.7. The van der Waals surface area contributed by atoms with Crippen LogP contribution in [0.3, 0.4) is 0 Å². The van der Waals surface area contributed by atoms with Crippen molar-refractivity contribution >= 4 is 41.2 Å². The first kappa shape index (κ1) is 39.3. The van der Waals surface area contributed by atoms with Crippen molar-refractivity contribution < 1.29 is 75.5 Å². The number of Topliss-reactive ketones (excluding diaryl/α,β-unsaturated/α-hetero) is 2. The van der Waals surface area contributed by atoms with Crippen LogP contribution in [-0.4, -0.2) is 102 Å². The van der Waals surface area contributed by atoms with E-state index in [-0.39, 0.29) is 42.7 Å².